The molecule has 1 aliphatic rings. The number of hydrogen-bond acceptors (Lipinski definition) is 2. The second-order valence-electron chi connectivity index (χ2n) is 8.99. The van der Waals surface area contributed by atoms with E-state index in [1.54, 1.807) is 19.2 Å². The fourth-order valence-corrected chi connectivity index (χ4v) is 4.63. The van der Waals surface area contributed by atoms with Gasteiger partial charge in [0.25, 0.3) is 0 Å². The van der Waals surface area contributed by atoms with Crippen molar-refractivity contribution >= 4 is 0 Å². The molecule has 0 spiro atoms. The summed E-state index contributed by atoms with van der Waals surface area (Å²) in [5.41, 5.74) is 5.94. The van der Waals surface area contributed by atoms with Crippen molar-refractivity contribution < 1.29 is 13.9 Å². The number of ether oxygens (including phenoxy) is 2. The van der Waals surface area contributed by atoms with Crippen molar-refractivity contribution in [3.63, 3.8) is 0 Å². The monoisotopic (exact) mass is 444 g/mol. The highest BCUT2D eigenvalue weighted by Gasteiger charge is 2.20. The molecule has 4 rings (SSSR count). The first-order chi connectivity index (χ1) is 16.2. The number of allylic oxidation sites excluding steroid dienone is 1. The molecule has 33 heavy (non-hydrogen) atoms. The lowest BCUT2D eigenvalue weighted by atomic mass is 9.85. The van der Waals surface area contributed by atoms with Crippen LogP contribution in [0, 0.1) is 11.7 Å². The van der Waals surface area contributed by atoms with Gasteiger partial charge in [-0.05, 0) is 71.9 Å². The summed E-state index contributed by atoms with van der Waals surface area (Å²) >= 11 is 0. The van der Waals surface area contributed by atoms with Crippen LogP contribution in [0.25, 0.3) is 22.3 Å². The van der Waals surface area contributed by atoms with E-state index >= 15 is 0 Å². The van der Waals surface area contributed by atoms with E-state index in [4.69, 9.17) is 9.47 Å². The van der Waals surface area contributed by atoms with Crippen LogP contribution in [0.2, 0.25) is 0 Å². The Morgan fingerprint density at radius 1 is 0.818 bits per heavy atom. The van der Waals surface area contributed by atoms with Crippen LogP contribution < -0.4 is 0 Å². The van der Waals surface area contributed by atoms with E-state index in [-0.39, 0.29) is 12.4 Å². The molecule has 172 valence electrons. The van der Waals surface area contributed by atoms with Gasteiger partial charge in [0.1, 0.15) is 5.82 Å². The Labute approximate surface area is 197 Å². The molecule has 0 amide bonds. The van der Waals surface area contributed by atoms with E-state index in [9.17, 15) is 4.39 Å². The lowest BCUT2D eigenvalue weighted by Gasteiger charge is -2.28. The lowest BCUT2D eigenvalue weighted by Crippen LogP contribution is -2.21. The van der Waals surface area contributed by atoms with E-state index in [0.717, 1.165) is 47.4 Å². The molecular weight excluding hydrogens is 411 g/mol. The molecule has 0 aromatic heterocycles. The normalized spacial score (nSPS) is 18.2. The summed E-state index contributed by atoms with van der Waals surface area (Å²) in [5.74, 6) is 0.558. The van der Waals surface area contributed by atoms with Gasteiger partial charge in [-0.3, -0.25) is 0 Å². The first-order valence-corrected chi connectivity index (χ1v) is 11.9. The third kappa shape index (κ3) is 6.19. The number of rotatable bonds is 9. The fourth-order valence-electron chi connectivity index (χ4n) is 4.63. The molecule has 2 nitrogen and oxygen atoms in total. The molecule has 3 heteroatoms. The average Bonchev–Trinajstić information content (AvgIpc) is 2.86. The summed E-state index contributed by atoms with van der Waals surface area (Å²) in [7, 11) is 1.57. The van der Waals surface area contributed by atoms with Gasteiger partial charge in [0.05, 0.1) is 19.3 Å². The van der Waals surface area contributed by atoms with Crippen LogP contribution in [0.15, 0.2) is 79.4 Å². The molecule has 1 saturated carbocycles. The SMILES string of the molecule is C=CC[C@H]1CC[C@H](OCc2ccc(-c3ccc(-c4ccc(COC)c(F)c4)cc3)cc2)CC1. The molecule has 1 fully saturated rings. The molecular formula is C30H33FO2. The van der Waals surface area contributed by atoms with Crippen LogP contribution in [0.4, 0.5) is 4.39 Å². The summed E-state index contributed by atoms with van der Waals surface area (Å²) < 4.78 is 25.5. The van der Waals surface area contributed by atoms with Gasteiger partial charge >= 0.3 is 0 Å². The summed E-state index contributed by atoms with van der Waals surface area (Å²) in [6.45, 7) is 4.81. The first-order valence-electron chi connectivity index (χ1n) is 11.9. The topological polar surface area (TPSA) is 18.5 Å². The number of hydrogen-bond donors (Lipinski definition) is 0. The zero-order chi connectivity index (χ0) is 23.0. The van der Waals surface area contributed by atoms with Crippen molar-refractivity contribution in [2.24, 2.45) is 5.92 Å². The van der Waals surface area contributed by atoms with E-state index in [0.29, 0.717) is 18.3 Å². The molecule has 3 aromatic carbocycles. The highest BCUT2D eigenvalue weighted by atomic mass is 19.1. The quantitative estimate of drug-likeness (QED) is 0.312. The van der Waals surface area contributed by atoms with Crippen molar-refractivity contribution in [3.05, 3.63) is 96.3 Å². The second kappa shape index (κ2) is 11.4. The van der Waals surface area contributed by atoms with Crippen molar-refractivity contribution in [2.75, 3.05) is 7.11 Å². The highest BCUT2D eigenvalue weighted by molar-refractivity contribution is 5.70. The van der Waals surface area contributed by atoms with Crippen molar-refractivity contribution in [2.45, 2.75) is 51.4 Å². The number of benzene rings is 3. The second-order valence-corrected chi connectivity index (χ2v) is 8.99. The Hall–Kier alpha value is -2.75. The van der Waals surface area contributed by atoms with E-state index in [1.807, 2.05) is 24.3 Å². The zero-order valence-corrected chi connectivity index (χ0v) is 19.4. The van der Waals surface area contributed by atoms with Gasteiger partial charge in [-0.1, -0.05) is 66.7 Å². The molecule has 0 bridgehead atoms. The molecule has 3 aromatic rings. The number of methoxy groups -OCH3 is 1. The minimum absolute atomic E-state index is 0.235. The third-order valence-corrected chi connectivity index (χ3v) is 6.64. The maximum Gasteiger partial charge on any atom is 0.129 e. The molecule has 1 aliphatic carbocycles. The van der Waals surface area contributed by atoms with Gasteiger partial charge in [-0.15, -0.1) is 6.58 Å². The third-order valence-electron chi connectivity index (χ3n) is 6.64. The van der Waals surface area contributed by atoms with Crippen molar-refractivity contribution in [1.29, 1.82) is 0 Å². The minimum atomic E-state index is -0.235. The molecule has 0 heterocycles. The van der Waals surface area contributed by atoms with Crippen molar-refractivity contribution in [1.82, 2.24) is 0 Å². The van der Waals surface area contributed by atoms with E-state index < -0.39 is 0 Å². The largest absolute Gasteiger partial charge is 0.380 e. The summed E-state index contributed by atoms with van der Waals surface area (Å²) in [6, 6.07) is 22.1. The Balaban J connectivity index is 1.33. The average molecular weight is 445 g/mol. The molecule has 0 N–H and O–H groups in total. The Kier molecular flexibility index (Phi) is 8.09. The van der Waals surface area contributed by atoms with Gasteiger partial charge in [-0.2, -0.15) is 0 Å². The minimum Gasteiger partial charge on any atom is -0.380 e. The van der Waals surface area contributed by atoms with E-state index in [1.165, 1.54) is 18.4 Å². The maximum atomic E-state index is 14.2. The highest BCUT2D eigenvalue weighted by Crippen LogP contribution is 2.30. The van der Waals surface area contributed by atoms with Crippen LogP contribution >= 0.6 is 0 Å². The molecule has 0 saturated heterocycles. The van der Waals surface area contributed by atoms with E-state index in [2.05, 4.69) is 43.0 Å². The molecule has 0 aliphatic heterocycles. The smallest absolute Gasteiger partial charge is 0.129 e. The number of halogens is 1. The standard InChI is InChI=1S/C30H33FO2/c1-3-4-22-7-17-29(18-8-22)33-20-23-5-9-24(10-6-23)25-11-13-26(14-12-25)27-15-16-28(21-32-2)30(31)19-27/h3,5-6,9-16,19,22,29H,1,4,7-8,17-18,20-21H2,2H3/t22-,29-. The van der Waals surface area contributed by atoms with Crippen LogP contribution in [-0.4, -0.2) is 13.2 Å². The zero-order valence-electron chi connectivity index (χ0n) is 19.4. The van der Waals surface area contributed by atoms with Gasteiger partial charge in [0.2, 0.25) is 0 Å². The fraction of sp³-hybridized carbons (Fsp3) is 0.333. The van der Waals surface area contributed by atoms with Gasteiger partial charge in [-0.25, -0.2) is 4.39 Å². The van der Waals surface area contributed by atoms with Crippen LogP contribution in [0.3, 0.4) is 0 Å². The molecule has 0 atom stereocenters. The Morgan fingerprint density at radius 2 is 1.39 bits per heavy atom. The van der Waals surface area contributed by atoms with Crippen LogP contribution in [0.5, 0.6) is 0 Å². The van der Waals surface area contributed by atoms with Crippen LogP contribution in [-0.2, 0) is 22.7 Å². The van der Waals surface area contributed by atoms with Crippen LogP contribution in [0.1, 0.15) is 43.2 Å². The van der Waals surface area contributed by atoms with Gasteiger partial charge in [0, 0.05) is 12.7 Å². The molecule has 0 radical (unpaired) electrons. The summed E-state index contributed by atoms with van der Waals surface area (Å²) in [6.07, 6.45) is 8.36. The summed E-state index contributed by atoms with van der Waals surface area (Å²) in [4.78, 5) is 0. The maximum absolute atomic E-state index is 14.2. The van der Waals surface area contributed by atoms with Gasteiger partial charge in [0.15, 0.2) is 0 Å². The van der Waals surface area contributed by atoms with Gasteiger partial charge < -0.3 is 9.47 Å². The van der Waals surface area contributed by atoms with Crippen molar-refractivity contribution in [3.8, 4) is 22.3 Å². The Morgan fingerprint density at radius 3 is 1.97 bits per heavy atom. The Bertz CT molecular complexity index is 1030. The molecule has 0 unspecified atom stereocenters. The summed E-state index contributed by atoms with van der Waals surface area (Å²) in [5, 5.41) is 0. The predicted molar refractivity (Wildman–Crippen MR) is 133 cm³/mol. The lowest BCUT2D eigenvalue weighted by molar-refractivity contribution is 0.00742. The first kappa shape index (κ1) is 23.4. The predicted octanol–water partition coefficient (Wildman–Crippen LogP) is 7.96.